The van der Waals surface area contributed by atoms with Crippen LogP contribution in [0.3, 0.4) is 0 Å². The van der Waals surface area contributed by atoms with Crippen molar-refractivity contribution in [1.82, 2.24) is 79.7 Å². The van der Waals surface area contributed by atoms with Crippen molar-refractivity contribution in [1.29, 1.82) is 0 Å². The zero-order valence-electron chi connectivity index (χ0n) is 17.4. The predicted octanol–water partition coefficient (Wildman–Crippen LogP) is -1.53. The van der Waals surface area contributed by atoms with Gasteiger partial charge in [-0.2, -0.15) is 9.90 Å². The van der Waals surface area contributed by atoms with E-state index in [0.29, 0.717) is 0 Å². The molecule has 16 nitrogen and oxygen atoms in total. The van der Waals surface area contributed by atoms with Crippen molar-refractivity contribution in [3.63, 3.8) is 0 Å². The molecule has 16 heteroatoms. The Labute approximate surface area is 172 Å². The van der Waals surface area contributed by atoms with Crippen LogP contribution in [0.5, 0.6) is 0 Å². The zero-order chi connectivity index (χ0) is 22.0. The first-order valence-electron chi connectivity index (χ1n) is 8.32. The van der Waals surface area contributed by atoms with Crippen molar-refractivity contribution >= 4 is 0 Å². The van der Waals surface area contributed by atoms with Gasteiger partial charge in [-0.3, -0.25) is 9.36 Å². The molecule has 0 unspecified atom stereocenters. The molecule has 160 valence electrons. The van der Waals surface area contributed by atoms with Crippen LogP contribution in [0.15, 0.2) is 56.4 Å². The summed E-state index contributed by atoms with van der Waals surface area (Å²) in [6.07, 6.45) is 14.9. The first kappa shape index (κ1) is 23.7. The molecule has 0 bridgehead atoms. The van der Waals surface area contributed by atoms with Crippen molar-refractivity contribution in [3.8, 4) is 0 Å². The van der Waals surface area contributed by atoms with Crippen molar-refractivity contribution in [3.05, 3.63) is 56.4 Å². The number of rotatable bonds is 0. The summed E-state index contributed by atoms with van der Waals surface area (Å²) in [4.78, 5) is 8.85. The van der Waals surface area contributed by atoms with Gasteiger partial charge in [0.15, 0.2) is 6.33 Å². The van der Waals surface area contributed by atoms with E-state index in [-0.39, 0.29) is 0 Å². The fourth-order valence-corrected chi connectivity index (χ4v) is 1.29. The SMILES string of the molecule is Cn1ccnc1.Cn1ccnn1.Cn1cncn1.Cn1cnnn1.Cn1ncnn1. The summed E-state index contributed by atoms with van der Waals surface area (Å²) in [5, 5.41) is 31.5. The quantitative estimate of drug-likeness (QED) is 0.287. The Balaban J connectivity index is 0.000000187. The van der Waals surface area contributed by atoms with E-state index in [1.165, 1.54) is 28.5 Å². The molecule has 0 radical (unpaired) electrons. The maximum atomic E-state index is 3.78. The summed E-state index contributed by atoms with van der Waals surface area (Å²) in [5.74, 6) is 0. The van der Waals surface area contributed by atoms with Crippen LogP contribution in [0.2, 0.25) is 0 Å². The molecular formula is C14H24N16. The highest BCUT2D eigenvalue weighted by Crippen LogP contribution is 1.73. The Morgan fingerprint density at radius 3 is 1.57 bits per heavy atom. The summed E-state index contributed by atoms with van der Waals surface area (Å²) in [7, 11) is 9.07. The number of hydrogen-bond acceptors (Lipinski definition) is 11. The van der Waals surface area contributed by atoms with Gasteiger partial charge in [-0.15, -0.1) is 20.4 Å². The highest BCUT2D eigenvalue weighted by atomic mass is 15.6. The number of aromatic nitrogens is 16. The van der Waals surface area contributed by atoms with E-state index in [2.05, 4.69) is 56.3 Å². The first-order valence-corrected chi connectivity index (χ1v) is 8.32. The topological polar surface area (TPSA) is 166 Å². The summed E-state index contributed by atoms with van der Waals surface area (Å²) in [6.45, 7) is 0. The van der Waals surface area contributed by atoms with Crippen LogP contribution in [0, 0.1) is 0 Å². The number of aryl methyl sites for hydroxylation is 5. The normalized spacial score (nSPS) is 8.83. The first-order chi connectivity index (χ1) is 14.5. The van der Waals surface area contributed by atoms with Crippen LogP contribution >= 0.6 is 0 Å². The molecule has 30 heavy (non-hydrogen) atoms. The molecular weight excluding hydrogens is 392 g/mol. The van der Waals surface area contributed by atoms with E-state index in [4.69, 9.17) is 0 Å². The molecule has 0 fully saturated rings. The number of hydrogen-bond donors (Lipinski definition) is 0. The Morgan fingerprint density at radius 2 is 1.40 bits per heavy atom. The predicted molar refractivity (Wildman–Crippen MR) is 103 cm³/mol. The van der Waals surface area contributed by atoms with E-state index in [0.717, 1.165) is 0 Å². The lowest BCUT2D eigenvalue weighted by Crippen LogP contribution is -1.90. The molecule has 0 amide bonds. The van der Waals surface area contributed by atoms with E-state index in [1.807, 2.05) is 31.9 Å². The van der Waals surface area contributed by atoms with Crippen molar-refractivity contribution < 1.29 is 0 Å². The molecule has 0 saturated heterocycles. The van der Waals surface area contributed by atoms with Crippen LogP contribution in [-0.4, -0.2) is 79.7 Å². The molecule has 0 aliphatic rings. The van der Waals surface area contributed by atoms with Gasteiger partial charge in [0.2, 0.25) is 0 Å². The van der Waals surface area contributed by atoms with Crippen LogP contribution in [0.1, 0.15) is 0 Å². The summed E-state index contributed by atoms with van der Waals surface area (Å²) in [5.41, 5.74) is 0. The van der Waals surface area contributed by atoms with Gasteiger partial charge >= 0.3 is 0 Å². The minimum Gasteiger partial charge on any atom is -0.341 e. The van der Waals surface area contributed by atoms with Crippen LogP contribution in [0.25, 0.3) is 0 Å². The largest absolute Gasteiger partial charge is 0.341 e. The van der Waals surface area contributed by atoms with E-state index in [9.17, 15) is 0 Å². The fraction of sp³-hybridized carbons (Fsp3) is 0.357. The Bertz CT molecular complexity index is 735. The standard InChI is InChI=1S/C4H6N2.2C3H5N3.2C2H4N4/c1-6-3-2-5-4-6;1-6-3-4-2-5-6;1-6-3-2-4-5-6;1-6-2-3-4-5-6;1-6-4-2-3-5-6/h2-4H,1H3;2*2-3H,1H3;2*2H,1H3. The second-order valence-electron chi connectivity index (χ2n) is 5.28. The smallest absolute Gasteiger partial charge is 0.162 e. The van der Waals surface area contributed by atoms with Gasteiger partial charge in [-0.1, -0.05) is 5.21 Å². The number of imidazole rings is 1. The molecule has 0 N–H and O–H groups in total. The van der Waals surface area contributed by atoms with Gasteiger partial charge in [-0.05, 0) is 15.6 Å². The molecule has 5 rings (SSSR count). The lowest BCUT2D eigenvalue weighted by molar-refractivity contribution is 0.630. The molecule has 0 aliphatic carbocycles. The van der Waals surface area contributed by atoms with Crippen LogP contribution in [-0.2, 0) is 35.2 Å². The Kier molecular flexibility index (Phi) is 11.6. The van der Waals surface area contributed by atoms with Gasteiger partial charge in [0, 0.05) is 46.8 Å². The molecule has 0 spiro atoms. The highest BCUT2D eigenvalue weighted by Gasteiger charge is 1.73. The average molecular weight is 416 g/mol. The fourth-order valence-electron chi connectivity index (χ4n) is 1.29. The molecule has 0 saturated carbocycles. The molecule has 5 aromatic rings. The average Bonchev–Trinajstić information content (AvgIpc) is 3.50. The van der Waals surface area contributed by atoms with E-state index >= 15 is 0 Å². The summed E-state index contributed by atoms with van der Waals surface area (Å²) < 4.78 is 6.69. The Morgan fingerprint density at radius 1 is 0.567 bits per heavy atom. The molecule has 5 aromatic heterocycles. The maximum Gasteiger partial charge on any atom is 0.162 e. The number of tetrazole rings is 2. The van der Waals surface area contributed by atoms with Crippen molar-refractivity contribution in [2.24, 2.45) is 35.2 Å². The highest BCUT2D eigenvalue weighted by molar-refractivity contribution is 4.70. The van der Waals surface area contributed by atoms with E-state index < -0.39 is 0 Å². The van der Waals surface area contributed by atoms with Gasteiger partial charge in [-0.25, -0.2) is 14.6 Å². The van der Waals surface area contributed by atoms with Gasteiger partial charge < -0.3 is 4.57 Å². The van der Waals surface area contributed by atoms with Crippen molar-refractivity contribution in [2.45, 2.75) is 0 Å². The molecule has 0 atom stereocenters. The molecule has 5 heterocycles. The number of nitrogens with zero attached hydrogens (tertiary/aromatic N) is 16. The monoisotopic (exact) mass is 416 g/mol. The van der Waals surface area contributed by atoms with Crippen LogP contribution in [0.4, 0.5) is 0 Å². The third-order valence-electron chi connectivity index (χ3n) is 2.62. The molecule has 0 aromatic carbocycles. The maximum absolute atomic E-state index is 3.78. The third-order valence-corrected chi connectivity index (χ3v) is 2.62. The molecule has 0 aliphatic heterocycles. The second-order valence-corrected chi connectivity index (χ2v) is 5.28. The Hall–Kier alpha value is -4.37. The van der Waals surface area contributed by atoms with Gasteiger partial charge in [0.1, 0.15) is 19.0 Å². The van der Waals surface area contributed by atoms with Gasteiger partial charge in [0.05, 0.1) is 19.6 Å². The lowest BCUT2D eigenvalue weighted by atomic mass is 10.9. The zero-order valence-corrected chi connectivity index (χ0v) is 17.4. The van der Waals surface area contributed by atoms with Gasteiger partial charge in [0.25, 0.3) is 0 Å². The third kappa shape index (κ3) is 12.9. The van der Waals surface area contributed by atoms with Crippen LogP contribution < -0.4 is 0 Å². The summed E-state index contributed by atoms with van der Waals surface area (Å²) >= 11 is 0. The second kappa shape index (κ2) is 14.7. The minimum atomic E-state index is 1.39. The van der Waals surface area contributed by atoms with E-state index in [1.54, 1.807) is 54.7 Å². The summed E-state index contributed by atoms with van der Waals surface area (Å²) in [6, 6.07) is 0. The lowest BCUT2D eigenvalue weighted by Gasteiger charge is -1.76. The van der Waals surface area contributed by atoms with Crippen molar-refractivity contribution in [2.75, 3.05) is 0 Å². The minimum absolute atomic E-state index is 1.39.